The Kier molecular flexibility index (Phi) is 7.20. The van der Waals surface area contributed by atoms with Crippen molar-refractivity contribution in [3.63, 3.8) is 0 Å². The summed E-state index contributed by atoms with van der Waals surface area (Å²) in [5.41, 5.74) is 2.47. The zero-order valence-electron chi connectivity index (χ0n) is 17.2. The van der Waals surface area contributed by atoms with Gasteiger partial charge in [0.2, 0.25) is 0 Å². The number of rotatable bonds is 5. The predicted molar refractivity (Wildman–Crippen MR) is 119 cm³/mol. The van der Waals surface area contributed by atoms with E-state index in [1.165, 1.54) is 15.4 Å². The molecule has 1 atom stereocenters. The molecule has 0 saturated carbocycles. The van der Waals surface area contributed by atoms with Crippen molar-refractivity contribution >= 4 is 29.5 Å². The van der Waals surface area contributed by atoms with Gasteiger partial charge in [-0.25, -0.2) is 4.79 Å². The van der Waals surface area contributed by atoms with E-state index in [4.69, 9.17) is 21.1 Å². The average Bonchev–Trinajstić information content (AvgIpc) is 2.91. The molecule has 1 saturated heterocycles. The summed E-state index contributed by atoms with van der Waals surface area (Å²) in [5.74, 6) is 0. The van der Waals surface area contributed by atoms with Crippen LogP contribution in [0.25, 0.3) is 0 Å². The van der Waals surface area contributed by atoms with Crippen LogP contribution in [0.4, 0.5) is 4.79 Å². The topological polar surface area (TPSA) is 42.0 Å². The van der Waals surface area contributed by atoms with E-state index in [1.54, 1.807) is 16.7 Å². The first-order valence-corrected chi connectivity index (χ1v) is 11.6. The van der Waals surface area contributed by atoms with E-state index in [2.05, 4.69) is 35.2 Å². The van der Waals surface area contributed by atoms with Crippen molar-refractivity contribution < 1.29 is 14.3 Å². The molecule has 0 N–H and O–H groups in total. The number of piperazine rings is 1. The van der Waals surface area contributed by atoms with Gasteiger partial charge in [0.1, 0.15) is 0 Å². The maximum Gasteiger partial charge on any atom is 0.409 e. The molecule has 2 aliphatic heterocycles. The van der Waals surface area contributed by atoms with Crippen LogP contribution in [0.1, 0.15) is 24.2 Å². The lowest BCUT2D eigenvalue weighted by atomic mass is 10.0. The number of ether oxygens (including phenoxy) is 2. The van der Waals surface area contributed by atoms with Crippen LogP contribution in [0.5, 0.6) is 0 Å². The monoisotopic (exact) mass is 446 g/mol. The van der Waals surface area contributed by atoms with E-state index in [1.807, 2.05) is 19.1 Å². The van der Waals surface area contributed by atoms with E-state index < -0.39 is 0 Å². The molecule has 1 amide bonds. The fraction of sp³-hybridized carbons (Fsp3) is 0.435. The summed E-state index contributed by atoms with van der Waals surface area (Å²) in [6, 6.07) is 14.6. The second kappa shape index (κ2) is 10.1. The van der Waals surface area contributed by atoms with Crippen molar-refractivity contribution in [2.75, 3.05) is 45.9 Å². The van der Waals surface area contributed by atoms with Crippen molar-refractivity contribution in [2.24, 2.45) is 0 Å². The zero-order chi connectivity index (χ0) is 20.9. The highest BCUT2D eigenvalue weighted by Crippen LogP contribution is 2.42. The molecule has 7 heteroatoms. The van der Waals surface area contributed by atoms with Crippen LogP contribution in [0.15, 0.2) is 52.3 Å². The molecule has 2 aromatic carbocycles. The van der Waals surface area contributed by atoms with E-state index in [0.29, 0.717) is 26.3 Å². The Bertz CT molecular complexity index is 887. The third kappa shape index (κ3) is 5.11. The highest BCUT2D eigenvalue weighted by atomic mass is 35.5. The van der Waals surface area contributed by atoms with Gasteiger partial charge in [0.15, 0.2) is 0 Å². The normalized spacial score (nSPS) is 19.0. The highest BCUT2D eigenvalue weighted by molar-refractivity contribution is 7.99. The van der Waals surface area contributed by atoms with Gasteiger partial charge < -0.3 is 14.4 Å². The molecule has 2 aromatic rings. The number of fused-ring (bicyclic) bond motifs is 2. The molecule has 0 aromatic heterocycles. The van der Waals surface area contributed by atoms with Crippen molar-refractivity contribution in [3.8, 4) is 0 Å². The Labute approximate surface area is 187 Å². The Hall–Kier alpha value is -1.73. The van der Waals surface area contributed by atoms with Gasteiger partial charge >= 0.3 is 6.09 Å². The SMILES string of the molecule is CCOC(=O)N1CCN(CCO[C@@H]2Cc3ccccc3Sc3ccc(Cl)cc32)CC1. The van der Waals surface area contributed by atoms with Gasteiger partial charge in [0.25, 0.3) is 0 Å². The summed E-state index contributed by atoms with van der Waals surface area (Å²) in [5, 5.41) is 0.740. The van der Waals surface area contributed by atoms with Gasteiger partial charge in [-0.05, 0) is 42.3 Å². The maximum absolute atomic E-state index is 11.9. The van der Waals surface area contributed by atoms with Gasteiger partial charge in [-0.2, -0.15) is 0 Å². The van der Waals surface area contributed by atoms with E-state index in [-0.39, 0.29) is 12.2 Å². The number of carbonyl (C=O) groups excluding carboxylic acids is 1. The lowest BCUT2D eigenvalue weighted by Gasteiger charge is -2.34. The number of halogens is 1. The summed E-state index contributed by atoms with van der Waals surface area (Å²) >= 11 is 8.09. The molecule has 0 bridgehead atoms. The summed E-state index contributed by atoms with van der Waals surface area (Å²) in [6.07, 6.45) is 0.611. The minimum Gasteiger partial charge on any atom is -0.450 e. The summed E-state index contributed by atoms with van der Waals surface area (Å²) in [6.45, 7) is 6.82. The van der Waals surface area contributed by atoms with Crippen molar-refractivity contribution in [2.45, 2.75) is 29.2 Å². The fourth-order valence-electron chi connectivity index (χ4n) is 3.91. The number of hydrogen-bond acceptors (Lipinski definition) is 5. The number of benzene rings is 2. The standard InChI is InChI=1S/C23H27ClN2O3S/c1-2-28-23(27)26-11-9-25(10-12-26)13-14-29-20-15-17-5-3-4-6-21(17)30-22-8-7-18(24)16-19(20)22/h3-8,16,20H,2,9-15H2,1H3/t20-/m1/s1. The molecular weight excluding hydrogens is 420 g/mol. The van der Waals surface area contributed by atoms with E-state index >= 15 is 0 Å². The number of hydrogen-bond donors (Lipinski definition) is 0. The average molecular weight is 447 g/mol. The molecule has 2 heterocycles. The molecule has 4 rings (SSSR count). The van der Waals surface area contributed by atoms with Gasteiger partial charge in [0.05, 0.1) is 19.3 Å². The zero-order valence-corrected chi connectivity index (χ0v) is 18.8. The maximum atomic E-state index is 11.9. The van der Waals surface area contributed by atoms with Crippen molar-refractivity contribution in [1.82, 2.24) is 9.80 Å². The molecule has 0 spiro atoms. The van der Waals surface area contributed by atoms with E-state index in [9.17, 15) is 4.79 Å². The molecule has 5 nitrogen and oxygen atoms in total. The van der Waals surface area contributed by atoms with Crippen LogP contribution >= 0.6 is 23.4 Å². The van der Waals surface area contributed by atoms with Crippen LogP contribution in [0.2, 0.25) is 5.02 Å². The lowest BCUT2D eigenvalue weighted by molar-refractivity contribution is 0.0241. The first-order valence-electron chi connectivity index (χ1n) is 10.4. The molecule has 2 aliphatic rings. The summed E-state index contributed by atoms with van der Waals surface area (Å²) < 4.78 is 11.5. The second-order valence-electron chi connectivity index (χ2n) is 7.48. The molecule has 160 valence electrons. The highest BCUT2D eigenvalue weighted by Gasteiger charge is 2.25. The Morgan fingerprint density at radius 1 is 1.13 bits per heavy atom. The van der Waals surface area contributed by atoms with Crippen LogP contribution in [0, 0.1) is 0 Å². The number of carbonyl (C=O) groups is 1. The van der Waals surface area contributed by atoms with Gasteiger partial charge in [0, 0.05) is 54.0 Å². The van der Waals surface area contributed by atoms with Crippen LogP contribution < -0.4 is 0 Å². The molecule has 0 unspecified atom stereocenters. The minimum atomic E-state index is -0.212. The third-order valence-corrected chi connectivity index (χ3v) is 6.99. The molecular formula is C23H27ClN2O3S. The van der Waals surface area contributed by atoms with Gasteiger partial charge in [-0.1, -0.05) is 41.6 Å². The summed E-state index contributed by atoms with van der Waals surface area (Å²) in [7, 11) is 0. The van der Waals surface area contributed by atoms with Crippen molar-refractivity contribution in [1.29, 1.82) is 0 Å². The molecule has 30 heavy (non-hydrogen) atoms. The first kappa shape index (κ1) is 21.5. The Morgan fingerprint density at radius 2 is 1.93 bits per heavy atom. The Balaban J connectivity index is 1.36. The first-order chi connectivity index (χ1) is 14.6. The molecule has 0 aliphatic carbocycles. The predicted octanol–water partition coefficient (Wildman–Crippen LogP) is 4.88. The van der Waals surface area contributed by atoms with Gasteiger partial charge in [-0.3, -0.25) is 4.90 Å². The van der Waals surface area contributed by atoms with Crippen LogP contribution in [-0.4, -0.2) is 61.8 Å². The number of nitrogens with zero attached hydrogens (tertiary/aromatic N) is 2. The van der Waals surface area contributed by atoms with Crippen LogP contribution in [0.3, 0.4) is 0 Å². The fourth-order valence-corrected chi connectivity index (χ4v) is 5.20. The third-order valence-electron chi connectivity index (χ3n) is 5.54. The smallest absolute Gasteiger partial charge is 0.409 e. The van der Waals surface area contributed by atoms with Gasteiger partial charge in [-0.15, -0.1) is 0 Å². The minimum absolute atomic E-state index is 0.0179. The second-order valence-corrected chi connectivity index (χ2v) is 9.00. The Morgan fingerprint density at radius 3 is 2.73 bits per heavy atom. The molecule has 1 fully saturated rings. The quantitative estimate of drug-likeness (QED) is 0.654. The largest absolute Gasteiger partial charge is 0.450 e. The van der Waals surface area contributed by atoms with Crippen molar-refractivity contribution in [3.05, 3.63) is 58.6 Å². The molecule has 0 radical (unpaired) electrons. The lowest BCUT2D eigenvalue weighted by Crippen LogP contribution is -2.49. The summed E-state index contributed by atoms with van der Waals surface area (Å²) in [4.78, 5) is 18.5. The van der Waals surface area contributed by atoms with Crippen LogP contribution in [-0.2, 0) is 15.9 Å². The number of amides is 1. The van der Waals surface area contributed by atoms with E-state index in [0.717, 1.165) is 36.6 Å².